The molecule has 7 heteroatoms. The van der Waals surface area contributed by atoms with Crippen LogP contribution in [0, 0.1) is 0 Å². The van der Waals surface area contributed by atoms with Crippen molar-refractivity contribution in [2.24, 2.45) is 0 Å². The van der Waals surface area contributed by atoms with E-state index in [2.05, 4.69) is 4.90 Å². The second kappa shape index (κ2) is 8.64. The smallest absolute Gasteiger partial charge is 0.264 e. The zero-order chi connectivity index (χ0) is 18.4. The monoisotopic (exact) mass is 376 g/mol. The van der Waals surface area contributed by atoms with Gasteiger partial charge in [0, 0.05) is 19.6 Å². The van der Waals surface area contributed by atoms with Crippen molar-refractivity contribution in [3.63, 3.8) is 0 Å². The summed E-state index contributed by atoms with van der Waals surface area (Å²) in [7, 11) is -3.76. The van der Waals surface area contributed by atoms with E-state index >= 15 is 0 Å². The topological polar surface area (TPSA) is 70.1 Å². The van der Waals surface area contributed by atoms with Crippen LogP contribution in [0.25, 0.3) is 0 Å². The van der Waals surface area contributed by atoms with Gasteiger partial charge in [0.25, 0.3) is 10.0 Å². The van der Waals surface area contributed by atoms with Crippen molar-refractivity contribution in [3.05, 3.63) is 60.7 Å². The summed E-state index contributed by atoms with van der Waals surface area (Å²) in [6.07, 6.45) is -0.799. The lowest BCUT2D eigenvalue weighted by Gasteiger charge is -2.31. The van der Waals surface area contributed by atoms with Gasteiger partial charge in [-0.3, -0.25) is 9.21 Å². The van der Waals surface area contributed by atoms with E-state index in [-0.39, 0.29) is 11.4 Å². The first-order valence-electron chi connectivity index (χ1n) is 8.68. The zero-order valence-corrected chi connectivity index (χ0v) is 15.4. The largest absolute Gasteiger partial charge is 0.390 e. The normalized spacial score (nSPS) is 17.0. The number of para-hydroxylation sites is 1. The van der Waals surface area contributed by atoms with E-state index in [1.165, 1.54) is 4.31 Å². The minimum absolute atomic E-state index is 0.00139. The fourth-order valence-electron chi connectivity index (χ4n) is 2.99. The molecule has 0 saturated carbocycles. The van der Waals surface area contributed by atoms with Crippen molar-refractivity contribution in [2.75, 3.05) is 43.7 Å². The van der Waals surface area contributed by atoms with Crippen LogP contribution in [-0.2, 0) is 14.8 Å². The van der Waals surface area contributed by atoms with Gasteiger partial charge in [-0.2, -0.15) is 0 Å². The van der Waals surface area contributed by atoms with Gasteiger partial charge in [0.1, 0.15) is 0 Å². The number of β-amino-alcohol motifs (C(OH)–C–C–N with tert-alkyl or cyclic N) is 1. The maximum Gasteiger partial charge on any atom is 0.264 e. The molecule has 140 valence electrons. The van der Waals surface area contributed by atoms with Gasteiger partial charge >= 0.3 is 0 Å². The number of morpholine rings is 1. The molecule has 0 aromatic heterocycles. The zero-order valence-electron chi connectivity index (χ0n) is 14.6. The number of aliphatic hydroxyl groups is 1. The predicted octanol–water partition coefficient (Wildman–Crippen LogP) is 1.57. The van der Waals surface area contributed by atoms with Gasteiger partial charge in [-0.15, -0.1) is 0 Å². The molecule has 1 saturated heterocycles. The van der Waals surface area contributed by atoms with Crippen LogP contribution in [0.1, 0.15) is 0 Å². The first-order chi connectivity index (χ1) is 12.6. The Morgan fingerprint density at radius 3 is 2.19 bits per heavy atom. The van der Waals surface area contributed by atoms with Gasteiger partial charge in [-0.25, -0.2) is 8.42 Å². The lowest BCUT2D eigenvalue weighted by atomic mass is 10.2. The number of anilines is 1. The molecule has 26 heavy (non-hydrogen) atoms. The number of nitrogens with zero attached hydrogens (tertiary/aromatic N) is 2. The first-order valence-corrected chi connectivity index (χ1v) is 10.1. The van der Waals surface area contributed by atoms with E-state index in [1.54, 1.807) is 54.6 Å². The Bertz CT molecular complexity index is 778. The van der Waals surface area contributed by atoms with Crippen LogP contribution >= 0.6 is 0 Å². The Morgan fingerprint density at radius 1 is 1.00 bits per heavy atom. The van der Waals surface area contributed by atoms with Crippen molar-refractivity contribution in [2.45, 2.75) is 11.0 Å². The molecule has 0 radical (unpaired) electrons. The number of benzene rings is 2. The summed E-state index contributed by atoms with van der Waals surface area (Å²) in [5.41, 5.74) is 0.539. The molecule has 3 rings (SSSR count). The molecule has 1 atom stereocenters. The summed E-state index contributed by atoms with van der Waals surface area (Å²) in [5.74, 6) is 0. The average Bonchev–Trinajstić information content (AvgIpc) is 2.68. The minimum atomic E-state index is -3.76. The van der Waals surface area contributed by atoms with Crippen molar-refractivity contribution in [1.29, 1.82) is 0 Å². The molecule has 1 aliphatic rings. The van der Waals surface area contributed by atoms with Gasteiger partial charge in [0.05, 0.1) is 36.4 Å². The van der Waals surface area contributed by atoms with Gasteiger partial charge in [0.15, 0.2) is 0 Å². The van der Waals surface area contributed by atoms with Crippen molar-refractivity contribution < 1.29 is 18.3 Å². The molecule has 0 bridgehead atoms. The van der Waals surface area contributed by atoms with Gasteiger partial charge in [-0.05, 0) is 24.3 Å². The van der Waals surface area contributed by atoms with Crippen LogP contribution in [0.3, 0.4) is 0 Å². The number of rotatable bonds is 7. The summed E-state index contributed by atoms with van der Waals surface area (Å²) in [4.78, 5) is 2.30. The molecule has 6 nitrogen and oxygen atoms in total. The third-order valence-corrected chi connectivity index (χ3v) is 6.13. The lowest BCUT2D eigenvalue weighted by Crippen LogP contribution is -2.46. The van der Waals surface area contributed by atoms with E-state index in [1.807, 2.05) is 6.07 Å². The number of aliphatic hydroxyl groups excluding tert-OH is 1. The molecular weight excluding hydrogens is 352 g/mol. The quantitative estimate of drug-likeness (QED) is 0.794. The van der Waals surface area contributed by atoms with E-state index in [4.69, 9.17) is 4.74 Å². The summed E-state index contributed by atoms with van der Waals surface area (Å²) >= 11 is 0. The highest BCUT2D eigenvalue weighted by atomic mass is 32.2. The number of ether oxygens (including phenoxy) is 1. The van der Waals surface area contributed by atoms with Crippen LogP contribution in [0.5, 0.6) is 0 Å². The Kier molecular flexibility index (Phi) is 6.26. The van der Waals surface area contributed by atoms with Crippen LogP contribution in [0.4, 0.5) is 5.69 Å². The minimum Gasteiger partial charge on any atom is -0.390 e. The fourth-order valence-corrected chi connectivity index (χ4v) is 4.51. The molecular formula is C19H24N2O4S. The maximum atomic E-state index is 13.1. The van der Waals surface area contributed by atoms with Gasteiger partial charge in [0.2, 0.25) is 0 Å². The standard InChI is InChI=1S/C19H24N2O4S/c22-18(15-20-11-13-25-14-12-20)16-21(17-7-3-1-4-8-17)26(23,24)19-9-5-2-6-10-19/h1-10,18,22H,11-16H2/t18-/m0/s1. The highest BCUT2D eigenvalue weighted by Gasteiger charge is 2.27. The van der Waals surface area contributed by atoms with E-state index in [9.17, 15) is 13.5 Å². The van der Waals surface area contributed by atoms with Crippen molar-refractivity contribution in [1.82, 2.24) is 4.90 Å². The summed E-state index contributed by atoms with van der Waals surface area (Å²) in [6, 6.07) is 17.2. The molecule has 1 N–H and O–H groups in total. The summed E-state index contributed by atoms with van der Waals surface area (Å²) < 4.78 is 32.9. The molecule has 0 aliphatic carbocycles. The Hall–Kier alpha value is -1.93. The van der Waals surface area contributed by atoms with E-state index in [0.29, 0.717) is 25.4 Å². The van der Waals surface area contributed by atoms with E-state index in [0.717, 1.165) is 13.1 Å². The van der Waals surface area contributed by atoms with Crippen LogP contribution in [0.2, 0.25) is 0 Å². The summed E-state index contributed by atoms with van der Waals surface area (Å²) in [6.45, 7) is 3.17. The highest BCUT2D eigenvalue weighted by Crippen LogP contribution is 2.23. The summed E-state index contributed by atoms with van der Waals surface area (Å²) in [5, 5.41) is 10.6. The van der Waals surface area contributed by atoms with Gasteiger partial charge in [-0.1, -0.05) is 36.4 Å². The highest BCUT2D eigenvalue weighted by molar-refractivity contribution is 7.92. The Labute approximate surface area is 154 Å². The van der Waals surface area contributed by atoms with E-state index < -0.39 is 16.1 Å². The van der Waals surface area contributed by atoms with Crippen molar-refractivity contribution in [3.8, 4) is 0 Å². The molecule has 0 amide bonds. The van der Waals surface area contributed by atoms with Crippen LogP contribution in [-0.4, -0.2) is 63.9 Å². The Morgan fingerprint density at radius 2 is 1.58 bits per heavy atom. The number of sulfonamides is 1. The maximum absolute atomic E-state index is 13.1. The van der Waals surface area contributed by atoms with Crippen molar-refractivity contribution >= 4 is 15.7 Å². The second-order valence-electron chi connectivity index (χ2n) is 6.25. The first kappa shape index (κ1) is 18.8. The molecule has 0 unspecified atom stereocenters. The lowest BCUT2D eigenvalue weighted by molar-refractivity contribution is 0.0166. The fraction of sp³-hybridized carbons (Fsp3) is 0.368. The molecule has 2 aromatic rings. The third-order valence-electron chi connectivity index (χ3n) is 4.32. The third kappa shape index (κ3) is 4.62. The molecule has 1 fully saturated rings. The van der Waals surface area contributed by atoms with Crippen LogP contribution in [0.15, 0.2) is 65.6 Å². The molecule has 2 aromatic carbocycles. The number of hydrogen-bond acceptors (Lipinski definition) is 5. The molecule has 1 heterocycles. The predicted molar refractivity (Wildman–Crippen MR) is 101 cm³/mol. The van der Waals surface area contributed by atoms with Crippen LogP contribution < -0.4 is 4.31 Å². The molecule has 1 aliphatic heterocycles. The SMILES string of the molecule is O=S(=O)(c1ccccc1)N(C[C@@H](O)CN1CCOCC1)c1ccccc1. The second-order valence-corrected chi connectivity index (χ2v) is 8.11. The number of hydrogen-bond donors (Lipinski definition) is 1. The average molecular weight is 376 g/mol. The Balaban J connectivity index is 1.82. The van der Waals surface area contributed by atoms with Gasteiger partial charge < -0.3 is 9.84 Å². The molecule has 0 spiro atoms.